The van der Waals surface area contributed by atoms with Gasteiger partial charge in [0.2, 0.25) is 0 Å². The van der Waals surface area contributed by atoms with E-state index in [4.69, 9.17) is 4.42 Å². The number of carbonyl (C=O) groups excluding carboxylic acids is 1. The fraction of sp³-hybridized carbons (Fsp3) is 0.381. The fourth-order valence-electron chi connectivity index (χ4n) is 3.59. The minimum atomic E-state index is -0.919. The monoisotopic (exact) mass is 395 g/mol. The highest BCUT2D eigenvalue weighted by Crippen LogP contribution is 2.20. The van der Waals surface area contributed by atoms with Crippen LogP contribution in [0.15, 0.2) is 59.3 Å². The second-order valence-electron chi connectivity index (χ2n) is 7.27. The molecular formula is C21H25N5O3. The van der Waals surface area contributed by atoms with Crippen LogP contribution < -0.4 is 5.32 Å². The average molecular weight is 395 g/mol. The van der Waals surface area contributed by atoms with Gasteiger partial charge < -0.3 is 19.7 Å². The summed E-state index contributed by atoms with van der Waals surface area (Å²) in [6, 6.07) is 13.3. The van der Waals surface area contributed by atoms with Crippen LogP contribution in [-0.2, 0) is 6.54 Å². The number of hydrogen-bond acceptors (Lipinski definition) is 6. The van der Waals surface area contributed by atoms with Crippen LogP contribution in [0.4, 0.5) is 0 Å². The van der Waals surface area contributed by atoms with Gasteiger partial charge in [0.1, 0.15) is 11.9 Å². The Hall–Kier alpha value is -2.97. The number of rotatable bonds is 7. The molecule has 152 valence electrons. The van der Waals surface area contributed by atoms with Crippen molar-refractivity contribution in [2.45, 2.75) is 31.5 Å². The molecular weight excluding hydrogens is 370 g/mol. The van der Waals surface area contributed by atoms with Crippen LogP contribution in [0.5, 0.6) is 0 Å². The van der Waals surface area contributed by atoms with Gasteiger partial charge >= 0.3 is 0 Å². The van der Waals surface area contributed by atoms with Gasteiger partial charge in [0.05, 0.1) is 25.0 Å². The molecule has 1 aromatic carbocycles. The molecule has 0 radical (unpaired) electrons. The molecule has 8 nitrogen and oxygen atoms in total. The number of benzene rings is 1. The van der Waals surface area contributed by atoms with Crippen molar-refractivity contribution in [1.29, 1.82) is 0 Å². The first-order valence-electron chi connectivity index (χ1n) is 9.88. The minimum Gasteiger partial charge on any atom is -0.467 e. The maximum absolute atomic E-state index is 13.2. The maximum Gasteiger partial charge on any atom is 0.276 e. The summed E-state index contributed by atoms with van der Waals surface area (Å²) in [6.45, 7) is 2.33. The summed E-state index contributed by atoms with van der Waals surface area (Å²) in [4.78, 5) is 14.8. The summed E-state index contributed by atoms with van der Waals surface area (Å²) in [7, 11) is 0. The van der Waals surface area contributed by atoms with Crippen LogP contribution >= 0.6 is 0 Å². The Morgan fingerprint density at radius 3 is 2.76 bits per heavy atom. The summed E-state index contributed by atoms with van der Waals surface area (Å²) in [5, 5.41) is 22.2. The summed E-state index contributed by atoms with van der Waals surface area (Å²) in [5.74, 6) is 0.161. The number of aromatic nitrogens is 3. The lowest BCUT2D eigenvalue weighted by Gasteiger charge is -2.24. The fourth-order valence-corrected chi connectivity index (χ4v) is 3.59. The number of furan rings is 1. The molecule has 3 heterocycles. The Bertz CT molecular complexity index is 904. The van der Waals surface area contributed by atoms with Gasteiger partial charge in [-0.05, 0) is 43.6 Å². The molecule has 0 spiro atoms. The average Bonchev–Trinajstić information content (AvgIpc) is 3.46. The number of nitrogens with zero attached hydrogens (tertiary/aromatic N) is 4. The van der Waals surface area contributed by atoms with E-state index in [0.717, 1.165) is 31.5 Å². The van der Waals surface area contributed by atoms with Crippen LogP contribution in [0.3, 0.4) is 0 Å². The van der Waals surface area contributed by atoms with Crippen LogP contribution in [0, 0.1) is 0 Å². The van der Waals surface area contributed by atoms with Crippen LogP contribution in [-0.4, -0.2) is 50.5 Å². The highest BCUT2D eigenvalue weighted by atomic mass is 16.4. The zero-order chi connectivity index (χ0) is 20.1. The van der Waals surface area contributed by atoms with Gasteiger partial charge in [0, 0.05) is 6.54 Å². The first-order valence-corrected chi connectivity index (χ1v) is 9.88. The highest BCUT2D eigenvalue weighted by molar-refractivity contribution is 5.92. The predicted molar refractivity (Wildman–Crippen MR) is 106 cm³/mol. The lowest BCUT2D eigenvalue weighted by atomic mass is 10.1. The number of piperidine rings is 1. The zero-order valence-corrected chi connectivity index (χ0v) is 16.1. The molecule has 1 amide bonds. The van der Waals surface area contributed by atoms with Crippen molar-refractivity contribution < 1.29 is 14.3 Å². The van der Waals surface area contributed by atoms with E-state index in [-0.39, 0.29) is 24.2 Å². The van der Waals surface area contributed by atoms with Crippen LogP contribution in [0.1, 0.15) is 46.8 Å². The lowest BCUT2D eigenvalue weighted by molar-refractivity contribution is 0.0558. The Balaban J connectivity index is 1.52. The molecule has 1 unspecified atom stereocenters. The first kappa shape index (κ1) is 19.4. The van der Waals surface area contributed by atoms with Crippen molar-refractivity contribution in [1.82, 2.24) is 25.2 Å². The van der Waals surface area contributed by atoms with Crippen molar-refractivity contribution in [3.63, 3.8) is 0 Å². The molecule has 1 atom stereocenters. The van der Waals surface area contributed by atoms with Crippen molar-refractivity contribution in [3.8, 4) is 0 Å². The number of aliphatic hydroxyl groups is 1. The standard InChI is InChI=1S/C21H25N5O3/c27-19(20-7-4-12-29-20)15-25(13-16-5-2-1-3-6-16)21(28)18-14-26(24-23-18)17-8-10-22-11-9-17/h1-7,12,14,17,19,22,27H,8-11,13,15H2. The molecule has 0 saturated carbocycles. The van der Waals surface area contributed by atoms with Gasteiger partial charge in [-0.1, -0.05) is 35.5 Å². The Labute approximate surface area is 169 Å². The normalized spacial score (nSPS) is 15.9. The number of hydrogen-bond donors (Lipinski definition) is 2. The van der Waals surface area contributed by atoms with E-state index < -0.39 is 6.10 Å². The topological polar surface area (TPSA) is 96.4 Å². The predicted octanol–water partition coefficient (Wildman–Crippen LogP) is 2.17. The molecule has 29 heavy (non-hydrogen) atoms. The summed E-state index contributed by atoms with van der Waals surface area (Å²) in [6.07, 6.45) is 4.23. The molecule has 3 aromatic rings. The molecule has 0 aliphatic carbocycles. The largest absolute Gasteiger partial charge is 0.467 e. The van der Waals surface area contributed by atoms with E-state index in [1.165, 1.54) is 6.26 Å². The van der Waals surface area contributed by atoms with Crippen LogP contribution in [0.2, 0.25) is 0 Å². The van der Waals surface area contributed by atoms with Crippen molar-refractivity contribution >= 4 is 5.91 Å². The molecule has 1 saturated heterocycles. The molecule has 2 N–H and O–H groups in total. The molecule has 8 heteroatoms. The Kier molecular flexibility index (Phi) is 6.02. The lowest BCUT2D eigenvalue weighted by Crippen LogP contribution is -2.34. The van der Waals surface area contributed by atoms with Crippen molar-refractivity contribution in [3.05, 3.63) is 71.9 Å². The van der Waals surface area contributed by atoms with Gasteiger partial charge in [-0.2, -0.15) is 0 Å². The van der Waals surface area contributed by atoms with Gasteiger partial charge in [-0.25, -0.2) is 4.68 Å². The second-order valence-corrected chi connectivity index (χ2v) is 7.27. The minimum absolute atomic E-state index is 0.0987. The summed E-state index contributed by atoms with van der Waals surface area (Å²) >= 11 is 0. The van der Waals surface area contributed by atoms with Gasteiger partial charge in [-0.3, -0.25) is 4.79 Å². The Morgan fingerprint density at radius 2 is 2.03 bits per heavy atom. The van der Waals surface area contributed by atoms with E-state index in [9.17, 15) is 9.90 Å². The van der Waals surface area contributed by atoms with Gasteiger partial charge in [0.25, 0.3) is 5.91 Å². The van der Waals surface area contributed by atoms with Gasteiger partial charge in [-0.15, -0.1) is 5.10 Å². The van der Waals surface area contributed by atoms with E-state index in [2.05, 4.69) is 15.6 Å². The number of carbonyl (C=O) groups is 1. The SMILES string of the molecule is O=C(c1cn(C2CCNCC2)nn1)N(Cc1ccccc1)CC(O)c1ccco1. The summed E-state index contributed by atoms with van der Waals surface area (Å²) < 4.78 is 7.08. The number of aliphatic hydroxyl groups excluding tert-OH is 1. The third kappa shape index (κ3) is 4.72. The van der Waals surface area contributed by atoms with E-state index in [1.807, 2.05) is 30.3 Å². The highest BCUT2D eigenvalue weighted by Gasteiger charge is 2.25. The van der Waals surface area contributed by atoms with Crippen molar-refractivity contribution in [2.75, 3.05) is 19.6 Å². The smallest absolute Gasteiger partial charge is 0.276 e. The molecule has 1 fully saturated rings. The zero-order valence-electron chi connectivity index (χ0n) is 16.1. The molecule has 2 aromatic heterocycles. The van der Waals surface area contributed by atoms with Crippen LogP contribution in [0.25, 0.3) is 0 Å². The third-order valence-electron chi connectivity index (χ3n) is 5.18. The van der Waals surface area contributed by atoms with E-state index in [1.54, 1.807) is 27.9 Å². The Morgan fingerprint density at radius 1 is 1.24 bits per heavy atom. The molecule has 1 aliphatic rings. The van der Waals surface area contributed by atoms with E-state index in [0.29, 0.717) is 12.3 Å². The quantitative estimate of drug-likeness (QED) is 0.637. The summed E-state index contributed by atoms with van der Waals surface area (Å²) in [5.41, 5.74) is 1.25. The first-order chi connectivity index (χ1) is 14.2. The second kappa shape index (κ2) is 9.02. The maximum atomic E-state index is 13.2. The van der Waals surface area contributed by atoms with E-state index >= 15 is 0 Å². The van der Waals surface area contributed by atoms with Crippen molar-refractivity contribution in [2.24, 2.45) is 0 Å². The molecule has 0 bridgehead atoms. The number of amides is 1. The molecule has 4 rings (SSSR count). The third-order valence-corrected chi connectivity index (χ3v) is 5.18. The molecule has 1 aliphatic heterocycles. The number of nitrogens with one attached hydrogen (secondary N) is 1. The van der Waals surface area contributed by atoms with Gasteiger partial charge in [0.15, 0.2) is 5.69 Å².